The lowest BCUT2D eigenvalue weighted by atomic mass is 10.1. The van der Waals surface area contributed by atoms with Crippen molar-refractivity contribution in [3.63, 3.8) is 0 Å². The van der Waals surface area contributed by atoms with E-state index in [0.717, 1.165) is 0 Å². The lowest BCUT2D eigenvalue weighted by Gasteiger charge is -2.13. The zero-order chi connectivity index (χ0) is 10.8. The Morgan fingerprint density at radius 2 is 1.86 bits per heavy atom. The van der Waals surface area contributed by atoms with Gasteiger partial charge in [-0.3, -0.25) is 0 Å². The van der Waals surface area contributed by atoms with Crippen LogP contribution in [0.5, 0.6) is 0 Å². The van der Waals surface area contributed by atoms with Crippen molar-refractivity contribution in [1.82, 2.24) is 0 Å². The second-order valence-corrected chi connectivity index (χ2v) is 5.39. The minimum atomic E-state index is -1.43. The van der Waals surface area contributed by atoms with Crippen LogP contribution >= 0.6 is 34.8 Å². The van der Waals surface area contributed by atoms with Crippen LogP contribution in [0.25, 0.3) is 5.57 Å². The number of halogens is 4. The van der Waals surface area contributed by atoms with Crippen molar-refractivity contribution in [2.75, 3.05) is 0 Å². The quantitative estimate of drug-likeness (QED) is 0.676. The van der Waals surface area contributed by atoms with Crippen LogP contribution in [0.1, 0.15) is 12.0 Å². The monoisotopic (exact) mass is 252 g/mol. The largest absolute Gasteiger partial charge is 0.206 e. The summed E-state index contributed by atoms with van der Waals surface area (Å²) >= 11 is 16.7. The van der Waals surface area contributed by atoms with Crippen molar-refractivity contribution in [3.05, 3.63) is 42.2 Å². The number of benzene rings is 1. The number of allylic oxidation sites excluding steroid dienone is 1. The molecule has 0 amide bonds. The summed E-state index contributed by atoms with van der Waals surface area (Å²) in [6, 6.07) is 6.26. The smallest absolute Gasteiger partial charge is 0.194 e. The van der Waals surface area contributed by atoms with E-state index in [1.54, 1.807) is 18.2 Å². The van der Waals surface area contributed by atoms with E-state index in [1.165, 1.54) is 6.07 Å². The summed E-state index contributed by atoms with van der Waals surface area (Å²) in [7, 11) is 0. The normalized spacial score (nSPS) is 11.4. The van der Waals surface area contributed by atoms with E-state index in [-0.39, 0.29) is 12.2 Å². The van der Waals surface area contributed by atoms with Gasteiger partial charge in [0.25, 0.3) is 0 Å². The lowest BCUT2D eigenvalue weighted by Crippen LogP contribution is -2.03. The molecule has 0 nitrogen and oxygen atoms in total. The molecule has 76 valence electrons. The molecule has 14 heavy (non-hydrogen) atoms. The summed E-state index contributed by atoms with van der Waals surface area (Å²) in [6.45, 7) is 3.68. The van der Waals surface area contributed by atoms with Gasteiger partial charge in [0.1, 0.15) is 5.82 Å². The topological polar surface area (TPSA) is 0 Å². The summed E-state index contributed by atoms with van der Waals surface area (Å²) in [6.07, 6.45) is 0.110. The molecule has 0 atom stereocenters. The van der Waals surface area contributed by atoms with Crippen molar-refractivity contribution in [2.24, 2.45) is 0 Å². The van der Waals surface area contributed by atoms with E-state index in [4.69, 9.17) is 34.8 Å². The maximum absolute atomic E-state index is 13.2. The molecule has 0 radical (unpaired) electrons. The SMILES string of the molecule is C=C(CC(Cl)(Cl)Cl)c1ccccc1F. The van der Waals surface area contributed by atoms with Gasteiger partial charge >= 0.3 is 0 Å². The van der Waals surface area contributed by atoms with Crippen LogP contribution in [-0.4, -0.2) is 3.79 Å². The molecule has 0 fully saturated rings. The number of rotatable bonds is 2. The third-order valence-electron chi connectivity index (χ3n) is 1.67. The van der Waals surface area contributed by atoms with Crippen molar-refractivity contribution in [3.8, 4) is 0 Å². The van der Waals surface area contributed by atoms with Gasteiger partial charge in [-0.25, -0.2) is 4.39 Å². The maximum Gasteiger partial charge on any atom is 0.194 e. The Morgan fingerprint density at radius 1 is 1.29 bits per heavy atom. The fourth-order valence-corrected chi connectivity index (χ4v) is 1.57. The second-order valence-electron chi connectivity index (χ2n) is 2.88. The Bertz CT molecular complexity index is 341. The third kappa shape index (κ3) is 3.49. The molecular formula is C10H8Cl3F. The molecule has 0 saturated carbocycles. The highest BCUT2D eigenvalue weighted by Crippen LogP contribution is 2.36. The molecule has 0 aliphatic rings. The highest BCUT2D eigenvalue weighted by Gasteiger charge is 2.22. The average Bonchev–Trinajstić information content (AvgIpc) is 2.01. The molecule has 0 heterocycles. The average molecular weight is 254 g/mol. The van der Waals surface area contributed by atoms with E-state index in [9.17, 15) is 4.39 Å². The van der Waals surface area contributed by atoms with Crippen LogP contribution in [-0.2, 0) is 0 Å². The summed E-state index contributed by atoms with van der Waals surface area (Å²) in [5.41, 5.74) is 0.863. The van der Waals surface area contributed by atoms with Gasteiger partial charge in [0, 0.05) is 12.0 Å². The van der Waals surface area contributed by atoms with Crippen molar-refractivity contribution in [1.29, 1.82) is 0 Å². The highest BCUT2D eigenvalue weighted by molar-refractivity contribution is 6.67. The standard InChI is InChI=1S/C10H8Cl3F/c1-7(6-10(11,12)13)8-4-2-3-5-9(8)14/h2-5H,1,6H2. The van der Waals surface area contributed by atoms with Crippen LogP contribution < -0.4 is 0 Å². The molecule has 1 aromatic carbocycles. The first-order valence-corrected chi connectivity index (χ1v) is 5.03. The van der Waals surface area contributed by atoms with Gasteiger partial charge in [0.15, 0.2) is 3.79 Å². The Hall–Kier alpha value is -0.240. The highest BCUT2D eigenvalue weighted by atomic mass is 35.6. The molecule has 0 aromatic heterocycles. The Labute approximate surface area is 97.3 Å². The third-order valence-corrected chi connectivity index (χ3v) is 2.07. The first kappa shape index (κ1) is 11.8. The van der Waals surface area contributed by atoms with Crippen molar-refractivity contribution in [2.45, 2.75) is 10.2 Å². The molecular weight excluding hydrogens is 245 g/mol. The maximum atomic E-state index is 13.2. The van der Waals surface area contributed by atoms with Gasteiger partial charge in [-0.15, -0.1) is 0 Å². The summed E-state index contributed by atoms with van der Waals surface area (Å²) in [5.74, 6) is -0.355. The van der Waals surface area contributed by atoms with Crippen LogP contribution in [0.3, 0.4) is 0 Å². The Kier molecular flexibility index (Phi) is 3.82. The molecule has 4 heteroatoms. The van der Waals surface area contributed by atoms with Crippen LogP contribution in [0.2, 0.25) is 0 Å². The van der Waals surface area contributed by atoms with E-state index in [2.05, 4.69) is 6.58 Å². The Morgan fingerprint density at radius 3 is 2.36 bits per heavy atom. The van der Waals surface area contributed by atoms with E-state index < -0.39 is 3.79 Å². The van der Waals surface area contributed by atoms with E-state index in [0.29, 0.717) is 11.1 Å². The minimum Gasteiger partial charge on any atom is -0.206 e. The molecule has 1 aromatic rings. The molecule has 0 aliphatic heterocycles. The van der Waals surface area contributed by atoms with Crippen molar-refractivity contribution < 1.29 is 4.39 Å². The first-order chi connectivity index (χ1) is 6.40. The fraction of sp³-hybridized carbons (Fsp3) is 0.200. The van der Waals surface area contributed by atoms with Crippen LogP contribution in [0.4, 0.5) is 4.39 Å². The molecule has 0 saturated heterocycles. The Balaban J connectivity index is 2.86. The zero-order valence-electron chi connectivity index (χ0n) is 7.24. The van der Waals surface area contributed by atoms with Gasteiger partial charge in [0.05, 0.1) is 0 Å². The van der Waals surface area contributed by atoms with Crippen LogP contribution in [0, 0.1) is 5.82 Å². The zero-order valence-corrected chi connectivity index (χ0v) is 9.50. The summed E-state index contributed by atoms with van der Waals surface area (Å²) in [4.78, 5) is 0. The first-order valence-electron chi connectivity index (χ1n) is 3.89. The molecule has 1 rings (SSSR count). The minimum absolute atomic E-state index is 0.110. The fourth-order valence-electron chi connectivity index (χ4n) is 1.09. The molecule has 0 unspecified atom stereocenters. The van der Waals surface area contributed by atoms with E-state index in [1.807, 2.05) is 0 Å². The van der Waals surface area contributed by atoms with Gasteiger partial charge in [-0.05, 0) is 11.6 Å². The second kappa shape index (κ2) is 4.52. The summed E-state index contributed by atoms with van der Waals surface area (Å²) < 4.78 is 11.8. The van der Waals surface area contributed by atoms with Crippen LogP contribution in [0.15, 0.2) is 30.8 Å². The predicted molar refractivity (Wildman–Crippen MR) is 60.3 cm³/mol. The van der Waals surface area contributed by atoms with Gasteiger partial charge in [-0.1, -0.05) is 59.6 Å². The van der Waals surface area contributed by atoms with Gasteiger partial charge < -0.3 is 0 Å². The molecule has 0 aliphatic carbocycles. The molecule has 0 spiro atoms. The lowest BCUT2D eigenvalue weighted by molar-refractivity contribution is 0.623. The number of alkyl halides is 3. The van der Waals surface area contributed by atoms with E-state index >= 15 is 0 Å². The molecule has 0 bridgehead atoms. The van der Waals surface area contributed by atoms with Gasteiger partial charge in [0.2, 0.25) is 0 Å². The van der Waals surface area contributed by atoms with Gasteiger partial charge in [-0.2, -0.15) is 0 Å². The summed E-state index contributed by atoms with van der Waals surface area (Å²) in [5, 5.41) is 0. The van der Waals surface area contributed by atoms with Crippen molar-refractivity contribution >= 4 is 40.4 Å². The molecule has 0 N–H and O–H groups in total. The number of hydrogen-bond acceptors (Lipinski definition) is 0. The number of hydrogen-bond donors (Lipinski definition) is 0. The predicted octanol–water partition coefficient (Wildman–Crippen LogP) is 4.60.